The van der Waals surface area contributed by atoms with E-state index in [2.05, 4.69) is 42.7 Å². The topological polar surface area (TPSA) is 78.5 Å². The number of hydrogen-bond acceptors (Lipinski definition) is 3. The molecule has 0 radical (unpaired) electrons. The molecule has 2 atom stereocenters. The average Bonchev–Trinajstić information content (AvgIpc) is 3.32. The van der Waals surface area contributed by atoms with Crippen molar-refractivity contribution in [2.75, 3.05) is 13.1 Å². The number of nitrogens with one attached hydrogen (secondary N) is 2. The number of rotatable bonds is 2. The molecule has 1 aliphatic carbocycles. The van der Waals surface area contributed by atoms with Gasteiger partial charge in [0.2, 0.25) is 5.91 Å². The van der Waals surface area contributed by atoms with Crippen molar-refractivity contribution in [3.63, 3.8) is 0 Å². The Hall–Kier alpha value is -2.37. The molecule has 4 rings (SSSR count). The summed E-state index contributed by atoms with van der Waals surface area (Å²) in [5, 5.41) is 5.03. The van der Waals surface area contributed by atoms with E-state index in [-0.39, 0.29) is 17.7 Å². The summed E-state index contributed by atoms with van der Waals surface area (Å²) in [5.41, 5.74) is 2.96. The standard InChI is InChI=1S/C19H23N3O3/c1-11-3-4-13(9-12(11)2)14-10-15(14)16(23)22-7-5-19(6-8-22)17(24)20-18(25)21-19/h3-4,9,14-15H,5-8,10H2,1-2H3,(H2,20,21,24,25)/t14-,15-/m1/s1. The molecule has 25 heavy (non-hydrogen) atoms. The highest BCUT2D eigenvalue weighted by molar-refractivity contribution is 6.07. The number of amides is 4. The minimum atomic E-state index is -0.815. The molecule has 4 amide bonds. The van der Waals surface area contributed by atoms with Gasteiger partial charge in [0.15, 0.2) is 0 Å². The highest BCUT2D eigenvalue weighted by Crippen LogP contribution is 2.49. The molecule has 0 bridgehead atoms. The number of carbonyl (C=O) groups excluding carboxylic acids is 3. The molecule has 1 aromatic rings. The van der Waals surface area contributed by atoms with Crippen LogP contribution in [0.2, 0.25) is 0 Å². The molecular weight excluding hydrogens is 318 g/mol. The highest BCUT2D eigenvalue weighted by atomic mass is 16.2. The lowest BCUT2D eigenvalue weighted by molar-refractivity contribution is -0.137. The fourth-order valence-corrected chi connectivity index (χ4v) is 4.06. The van der Waals surface area contributed by atoms with Crippen LogP contribution in [-0.2, 0) is 9.59 Å². The Morgan fingerprint density at radius 3 is 2.48 bits per heavy atom. The number of piperidine rings is 1. The summed E-state index contributed by atoms with van der Waals surface area (Å²) in [6.07, 6.45) is 1.87. The van der Waals surface area contributed by atoms with E-state index in [1.165, 1.54) is 16.7 Å². The largest absolute Gasteiger partial charge is 0.342 e. The fraction of sp³-hybridized carbons (Fsp3) is 0.526. The van der Waals surface area contributed by atoms with Gasteiger partial charge in [-0.1, -0.05) is 18.2 Å². The van der Waals surface area contributed by atoms with Crippen molar-refractivity contribution >= 4 is 17.8 Å². The van der Waals surface area contributed by atoms with E-state index in [9.17, 15) is 14.4 Å². The van der Waals surface area contributed by atoms with E-state index in [0.717, 1.165) is 6.42 Å². The second-order valence-electron chi connectivity index (χ2n) is 7.61. The zero-order chi connectivity index (χ0) is 17.8. The summed E-state index contributed by atoms with van der Waals surface area (Å²) in [5.74, 6) is 0.298. The molecule has 3 aliphatic rings. The maximum absolute atomic E-state index is 12.8. The number of hydrogen-bond donors (Lipinski definition) is 2. The van der Waals surface area contributed by atoms with Crippen molar-refractivity contribution in [2.24, 2.45) is 5.92 Å². The summed E-state index contributed by atoms with van der Waals surface area (Å²) >= 11 is 0. The van der Waals surface area contributed by atoms with Crippen molar-refractivity contribution in [3.8, 4) is 0 Å². The predicted octanol–water partition coefficient (Wildman–Crippen LogP) is 1.61. The molecular formula is C19H23N3O3. The molecule has 132 valence electrons. The van der Waals surface area contributed by atoms with E-state index in [1.807, 2.05) is 4.90 Å². The highest BCUT2D eigenvalue weighted by Gasteiger charge is 2.51. The zero-order valence-corrected chi connectivity index (χ0v) is 14.6. The number of aryl methyl sites for hydroxylation is 2. The van der Waals surface area contributed by atoms with Crippen LogP contribution >= 0.6 is 0 Å². The molecule has 1 aromatic carbocycles. The smallest absolute Gasteiger partial charge is 0.322 e. The van der Waals surface area contributed by atoms with Gasteiger partial charge in [0.25, 0.3) is 5.91 Å². The molecule has 2 aliphatic heterocycles. The van der Waals surface area contributed by atoms with Gasteiger partial charge in [-0.25, -0.2) is 4.79 Å². The lowest BCUT2D eigenvalue weighted by Crippen LogP contribution is -2.56. The fourth-order valence-electron chi connectivity index (χ4n) is 4.06. The van der Waals surface area contributed by atoms with Crippen molar-refractivity contribution in [1.29, 1.82) is 0 Å². The van der Waals surface area contributed by atoms with Crippen molar-refractivity contribution in [3.05, 3.63) is 34.9 Å². The number of benzene rings is 1. The zero-order valence-electron chi connectivity index (χ0n) is 14.6. The second kappa shape index (κ2) is 5.58. The average molecular weight is 341 g/mol. The molecule has 2 N–H and O–H groups in total. The summed E-state index contributed by atoms with van der Waals surface area (Å²) in [7, 11) is 0. The van der Waals surface area contributed by atoms with Crippen LogP contribution in [0.4, 0.5) is 4.79 Å². The molecule has 1 spiro atoms. The first-order chi connectivity index (χ1) is 11.9. The Morgan fingerprint density at radius 2 is 1.88 bits per heavy atom. The minimum Gasteiger partial charge on any atom is -0.342 e. The summed E-state index contributed by atoms with van der Waals surface area (Å²) in [6.45, 7) is 5.23. The molecule has 2 heterocycles. The van der Waals surface area contributed by atoms with Crippen LogP contribution in [0, 0.1) is 19.8 Å². The number of urea groups is 1. The molecule has 0 aromatic heterocycles. The van der Waals surface area contributed by atoms with Crippen LogP contribution < -0.4 is 10.6 Å². The van der Waals surface area contributed by atoms with E-state index in [4.69, 9.17) is 0 Å². The van der Waals surface area contributed by atoms with E-state index < -0.39 is 11.6 Å². The summed E-state index contributed by atoms with van der Waals surface area (Å²) in [4.78, 5) is 38.0. The first-order valence-corrected chi connectivity index (χ1v) is 8.89. The number of likely N-dealkylation sites (tertiary alicyclic amines) is 1. The van der Waals surface area contributed by atoms with Crippen LogP contribution in [-0.4, -0.2) is 41.4 Å². The molecule has 0 unspecified atom stereocenters. The maximum atomic E-state index is 12.8. The quantitative estimate of drug-likeness (QED) is 0.802. The van der Waals surface area contributed by atoms with Gasteiger partial charge in [-0.05, 0) is 55.7 Å². The Bertz CT molecular complexity index is 765. The van der Waals surface area contributed by atoms with Crippen LogP contribution in [0.25, 0.3) is 0 Å². The van der Waals surface area contributed by atoms with Crippen molar-refractivity contribution < 1.29 is 14.4 Å². The van der Waals surface area contributed by atoms with Gasteiger partial charge in [0, 0.05) is 19.0 Å². The Balaban J connectivity index is 1.38. The lowest BCUT2D eigenvalue weighted by atomic mass is 9.87. The van der Waals surface area contributed by atoms with Crippen LogP contribution in [0.3, 0.4) is 0 Å². The van der Waals surface area contributed by atoms with Gasteiger partial charge in [0.05, 0.1) is 0 Å². The van der Waals surface area contributed by atoms with Crippen LogP contribution in [0.5, 0.6) is 0 Å². The van der Waals surface area contributed by atoms with Crippen LogP contribution in [0.15, 0.2) is 18.2 Å². The Labute approximate surface area is 147 Å². The normalized spacial score (nSPS) is 27.2. The first-order valence-electron chi connectivity index (χ1n) is 8.89. The monoisotopic (exact) mass is 341 g/mol. The SMILES string of the molecule is Cc1ccc([C@H]2C[C@H]2C(=O)N2CCC3(CC2)NC(=O)NC3=O)cc1C. The second-order valence-corrected chi connectivity index (χ2v) is 7.61. The van der Waals surface area contributed by atoms with Gasteiger partial charge in [0.1, 0.15) is 5.54 Å². The van der Waals surface area contributed by atoms with Gasteiger partial charge >= 0.3 is 6.03 Å². The van der Waals surface area contributed by atoms with Crippen molar-refractivity contribution in [1.82, 2.24) is 15.5 Å². The van der Waals surface area contributed by atoms with Crippen molar-refractivity contribution in [2.45, 2.75) is 44.6 Å². The summed E-state index contributed by atoms with van der Waals surface area (Å²) in [6, 6.07) is 6.01. The number of imide groups is 1. The van der Waals surface area contributed by atoms with Gasteiger partial charge < -0.3 is 10.2 Å². The minimum absolute atomic E-state index is 0.0585. The van der Waals surface area contributed by atoms with Crippen LogP contribution in [0.1, 0.15) is 41.9 Å². The first kappa shape index (κ1) is 16.1. The Morgan fingerprint density at radius 1 is 1.16 bits per heavy atom. The molecule has 3 fully saturated rings. The molecule has 1 saturated carbocycles. The molecule has 6 heteroatoms. The molecule has 6 nitrogen and oxygen atoms in total. The summed E-state index contributed by atoms with van der Waals surface area (Å²) < 4.78 is 0. The van der Waals surface area contributed by atoms with E-state index in [1.54, 1.807) is 0 Å². The van der Waals surface area contributed by atoms with Gasteiger partial charge in [-0.15, -0.1) is 0 Å². The third-order valence-electron chi connectivity index (χ3n) is 6.01. The van der Waals surface area contributed by atoms with E-state index >= 15 is 0 Å². The Kier molecular flexibility index (Phi) is 3.60. The number of carbonyl (C=O) groups is 3. The molecule has 2 saturated heterocycles. The van der Waals surface area contributed by atoms with Gasteiger partial charge in [-0.2, -0.15) is 0 Å². The maximum Gasteiger partial charge on any atom is 0.322 e. The lowest BCUT2D eigenvalue weighted by Gasteiger charge is -2.37. The number of nitrogens with zero attached hydrogens (tertiary/aromatic N) is 1. The van der Waals surface area contributed by atoms with E-state index in [0.29, 0.717) is 31.8 Å². The third-order valence-corrected chi connectivity index (χ3v) is 6.01. The van der Waals surface area contributed by atoms with Gasteiger partial charge in [-0.3, -0.25) is 14.9 Å². The predicted molar refractivity (Wildman–Crippen MR) is 92.0 cm³/mol. The third kappa shape index (κ3) is 2.69.